The van der Waals surface area contributed by atoms with Crippen molar-refractivity contribution < 1.29 is 5.11 Å². The molecule has 1 aromatic heterocycles. The third kappa shape index (κ3) is 1.52. The molecule has 0 radical (unpaired) electrons. The summed E-state index contributed by atoms with van der Waals surface area (Å²) in [5.41, 5.74) is 5.96. The topological polar surface area (TPSA) is 59.1 Å². The second kappa shape index (κ2) is 3.86. The lowest BCUT2D eigenvalue weighted by Crippen LogP contribution is -2.39. The molecule has 3 aliphatic rings. The van der Waals surface area contributed by atoms with Gasteiger partial charge in [0.1, 0.15) is 5.82 Å². The number of aliphatic hydroxyl groups is 1. The van der Waals surface area contributed by atoms with Crippen molar-refractivity contribution in [1.29, 1.82) is 0 Å². The van der Waals surface area contributed by atoms with Crippen LogP contribution >= 0.6 is 11.6 Å². The van der Waals surface area contributed by atoms with E-state index in [1.54, 1.807) is 6.20 Å². The van der Waals surface area contributed by atoms with Gasteiger partial charge in [0.2, 0.25) is 0 Å². The summed E-state index contributed by atoms with van der Waals surface area (Å²) in [5.74, 6) is 2.99. The minimum Gasteiger partial charge on any atom is -0.385 e. The van der Waals surface area contributed by atoms with Crippen molar-refractivity contribution >= 4 is 17.4 Å². The van der Waals surface area contributed by atoms with Gasteiger partial charge in [-0.05, 0) is 55.4 Å². The summed E-state index contributed by atoms with van der Waals surface area (Å²) in [6, 6.07) is 1.81. The first-order valence-corrected chi connectivity index (χ1v) is 7.61. The summed E-state index contributed by atoms with van der Waals surface area (Å²) >= 11 is 6.04. The van der Waals surface area contributed by atoms with Gasteiger partial charge in [-0.1, -0.05) is 18.0 Å². The van der Waals surface area contributed by atoms with Crippen LogP contribution in [0.3, 0.4) is 0 Å². The second-order valence-corrected chi connectivity index (χ2v) is 7.01. The molecule has 19 heavy (non-hydrogen) atoms. The van der Waals surface area contributed by atoms with Gasteiger partial charge in [0, 0.05) is 11.8 Å². The fraction of sp³-hybridized carbons (Fsp3) is 0.667. The fourth-order valence-corrected chi connectivity index (χ4v) is 5.38. The first-order valence-electron chi connectivity index (χ1n) is 7.23. The summed E-state index contributed by atoms with van der Waals surface area (Å²) in [6.45, 7) is 0. The van der Waals surface area contributed by atoms with Gasteiger partial charge in [-0.15, -0.1) is 0 Å². The minimum atomic E-state index is -0.793. The van der Waals surface area contributed by atoms with Crippen molar-refractivity contribution in [1.82, 2.24) is 4.98 Å². The number of nitrogens with zero attached hydrogens (tertiary/aromatic N) is 1. The standard InChI is InChI=1S/C15H19ClN2O/c16-9-5-13(14(17)18-7-9)15(19)6-8-4-12(15)11-3-1-2-10(8)11/h5,7-8,10-12,19H,1-4,6H2,(H2,17,18). The summed E-state index contributed by atoms with van der Waals surface area (Å²) in [6.07, 6.45) is 7.48. The molecule has 3 nitrogen and oxygen atoms in total. The zero-order valence-electron chi connectivity index (χ0n) is 10.8. The molecule has 0 amide bonds. The quantitative estimate of drug-likeness (QED) is 0.830. The normalized spacial score (nSPS) is 43.7. The molecule has 5 unspecified atom stereocenters. The third-order valence-electron chi connectivity index (χ3n) is 5.84. The SMILES string of the molecule is Nc1ncc(Cl)cc1C1(O)CC2CC1C1CCCC21. The van der Waals surface area contributed by atoms with E-state index >= 15 is 0 Å². The molecule has 0 spiro atoms. The lowest BCUT2D eigenvalue weighted by molar-refractivity contribution is -0.0508. The molecule has 102 valence electrons. The van der Waals surface area contributed by atoms with Gasteiger partial charge >= 0.3 is 0 Å². The number of pyridine rings is 1. The van der Waals surface area contributed by atoms with Crippen molar-refractivity contribution in [3.05, 3.63) is 22.8 Å². The van der Waals surface area contributed by atoms with Crippen LogP contribution in [0.1, 0.15) is 37.7 Å². The molecule has 3 N–H and O–H groups in total. The van der Waals surface area contributed by atoms with Gasteiger partial charge in [0.25, 0.3) is 0 Å². The fourth-order valence-electron chi connectivity index (χ4n) is 5.22. The highest BCUT2D eigenvalue weighted by Crippen LogP contribution is 2.65. The van der Waals surface area contributed by atoms with Gasteiger partial charge in [-0.2, -0.15) is 0 Å². The minimum absolute atomic E-state index is 0.354. The number of anilines is 1. The summed E-state index contributed by atoms with van der Waals surface area (Å²) in [4.78, 5) is 4.12. The van der Waals surface area contributed by atoms with E-state index < -0.39 is 5.60 Å². The smallest absolute Gasteiger partial charge is 0.129 e. The molecule has 0 saturated heterocycles. The number of rotatable bonds is 1. The third-order valence-corrected chi connectivity index (χ3v) is 6.05. The highest BCUT2D eigenvalue weighted by molar-refractivity contribution is 6.30. The highest BCUT2D eigenvalue weighted by atomic mass is 35.5. The number of fused-ring (bicyclic) bond motifs is 5. The van der Waals surface area contributed by atoms with Crippen molar-refractivity contribution in [2.45, 2.75) is 37.7 Å². The predicted molar refractivity (Wildman–Crippen MR) is 74.6 cm³/mol. The Balaban J connectivity index is 1.77. The number of nitrogens with two attached hydrogens (primary N) is 1. The Morgan fingerprint density at radius 1 is 1.37 bits per heavy atom. The Morgan fingerprint density at radius 2 is 2.16 bits per heavy atom. The van der Waals surface area contributed by atoms with Gasteiger partial charge in [-0.25, -0.2) is 4.98 Å². The molecular formula is C15H19ClN2O. The summed E-state index contributed by atoms with van der Waals surface area (Å²) in [7, 11) is 0. The van der Waals surface area contributed by atoms with Crippen LogP contribution in [0.4, 0.5) is 5.82 Å². The Kier molecular flexibility index (Phi) is 2.43. The first-order chi connectivity index (χ1) is 9.09. The van der Waals surface area contributed by atoms with Crippen LogP contribution in [0.5, 0.6) is 0 Å². The van der Waals surface area contributed by atoms with E-state index in [9.17, 15) is 5.11 Å². The van der Waals surface area contributed by atoms with E-state index in [1.165, 1.54) is 19.3 Å². The largest absolute Gasteiger partial charge is 0.385 e. The number of nitrogen functional groups attached to an aromatic ring is 1. The molecule has 3 saturated carbocycles. The van der Waals surface area contributed by atoms with Gasteiger partial charge < -0.3 is 10.8 Å². The Hall–Kier alpha value is -0.800. The van der Waals surface area contributed by atoms with Crippen LogP contribution in [0, 0.1) is 23.7 Å². The average molecular weight is 279 g/mol. The molecule has 0 aliphatic heterocycles. The van der Waals surface area contributed by atoms with Gasteiger partial charge in [0.05, 0.1) is 10.6 Å². The molecule has 5 atom stereocenters. The highest BCUT2D eigenvalue weighted by Gasteiger charge is 2.61. The number of aromatic nitrogens is 1. The number of hydrogen-bond acceptors (Lipinski definition) is 3. The zero-order valence-corrected chi connectivity index (χ0v) is 11.6. The number of hydrogen-bond donors (Lipinski definition) is 2. The lowest BCUT2D eigenvalue weighted by atomic mass is 9.70. The van der Waals surface area contributed by atoms with Crippen LogP contribution in [-0.4, -0.2) is 10.1 Å². The van der Waals surface area contributed by atoms with Crippen LogP contribution in [0.25, 0.3) is 0 Å². The van der Waals surface area contributed by atoms with Crippen LogP contribution in [0.2, 0.25) is 5.02 Å². The van der Waals surface area contributed by atoms with E-state index in [-0.39, 0.29) is 0 Å². The van der Waals surface area contributed by atoms with Crippen molar-refractivity contribution in [2.75, 3.05) is 5.73 Å². The van der Waals surface area contributed by atoms with E-state index in [2.05, 4.69) is 4.98 Å². The molecule has 1 aromatic rings. The average Bonchev–Trinajstić information content (AvgIpc) is 3.02. The van der Waals surface area contributed by atoms with Gasteiger partial charge in [-0.3, -0.25) is 0 Å². The van der Waals surface area contributed by atoms with E-state index in [1.807, 2.05) is 6.07 Å². The van der Waals surface area contributed by atoms with Crippen molar-refractivity contribution in [3.63, 3.8) is 0 Å². The van der Waals surface area contributed by atoms with Crippen LogP contribution in [0.15, 0.2) is 12.3 Å². The maximum absolute atomic E-state index is 11.2. The maximum atomic E-state index is 11.2. The Morgan fingerprint density at radius 3 is 3.00 bits per heavy atom. The molecule has 1 heterocycles. The lowest BCUT2D eigenvalue weighted by Gasteiger charge is -2.39. The molecule has 3 fully saturated rings. The van der Waals surface area contributed by atoms with E-state index in [0.717, 1.165) is 24.3 Å². The van der Waals surface area contributed by atoms with Gasteiger partial charge in [0.15, 0.2) is 0 Å². The molecule has 4 rings (SSSR count). The van der Waals surface area contributed by atoms with Crippen molar-refractivity contribution in [2.24, 2.45) is 23.7 Å². The molecule has 2 bridgehead atoms. The van der Waals surface area contributed by atoms with E-state index in [0.29, 0.717) is 28.6 Å². The zero-order chi connectivity index (χ0) is 13.2. The summed E-state index contributed by atoms with van der Waals surface area (Å²) < 4.78 is 0. The Labute approximate surface area is 118 Å². The Bertz CT molecular complexity index is 535. The molecular weight excluding hydrogens is 260 g/mol. The van der Waals surface area contributed by atoms with E-state index in [4.69, 9.17) is 17.3 Å². The van der Waals surface area contributed by atoms with Crippen LogP contribution in [-0.2, 0) is 5.60 Å². The maximum Gasteiger partial charge on any atom is 0.129 e. The molecule has 0 aromatic carbocycles. The summed E-state index contributed by atoms with van der Waals surface area (Å²) in [5, 5.41) is 11.8. The molecule has 4 heteroatoms. The second-order valence-electron chi connectivity index (χ2n) is 6.58. The monoisotopic (exact) mass is 278 g/mol. The predicted octanol–water partition coefficient (Wildman–Crippen LogP) is 2.96. The first kappa shape index (κ1) is 12.0. The molecule has 3 aliphatic carbocycles. The number of halogens is 1. The van der Waals surface area contributed by atoms with Crippen molar-refractivity contribution in [3.8, 4) is 0 Å². The van der Waals surface area contributed by atoms with Crippen LogP contribution < -0.4 is 5.73 Å².